The van der Waals surface area contributed by atoms with Crippen LogP contribution in [0.25, 0.3) is 28.1 Å². The molecular formula is C27H32ClN7O3. The molecule has 4 aromatic rings. The average molecular weight is 538 g/mol. The molecule has 11 heteroatoms. The second kappa shape index (κ2) is 9.58. The number of nitrogens with zero attached hydrogens (tertiary/aromatic N) is 7. The summed E-state index contributed by atoms with van der Waals surface area (Å²) in [5, 5.41) is 1.27. The van der Waals surface area contributed by atoms with Gasteiger partial charge in [0.1, 0.15) is 11.3 Å². The van der Waals surface area contributed by atoms with Gasteiger partial charge >= 0.3 is 6.09 Å². The van der Waals surface area contributed by atoms with Crippen LogP contribution in [0.2, 0.25) is 5.02 Å². The molecule has 0 aromatic carbocycles. The van der Waals surface area contributed by atoms with Crippen LogP contribution in [0.15, 0.2) is 30.7 Å². The third-order valence-electron chi connectivity index (χ3n) is 6.47. The quantitative estimate of drug-likeness (QED) is 0.354. The maximum Gasteiger partial charge on any atom is 0.410 e. The molecule has 0 radical (unpaired) electrons. The van der Waals surface area contributed by atoms with Gasteiger partial charge in [0.2, 0.25) is 5.65 Å². The van der Waals surface area contributed by atoms with Crippen molar-refractivity contribution >= 4 is 40.1 Å². The third kappa shape index (κ3) is 4.92. The Kier molecular flexibility index (Phi) is 6.54. The molecule has 1 fully saturated rings. The summed E-state index contributed by atoms with van der Waals surface area (Å²) in [6.07, 6.45) is 5.27. The van der Waals surface area contributed by atoms with Gasteiger partial charge in [-0.15, -0.1) is 0 Å². The van der Waals surface area contributed by atoms with E-state index < -0.39 is 5.60 Å². The summed E-state index contributed by atoms with van der Waals surface area (Å²) in [5.74, 6) is 0.408. The smallest absolute Gasteiger partial charge is 0.410 e. The van der Waals surface area contributed by atoms with Gasteiger partial charge in [0.15, 0.2) is 5.65 Å². The standard InChI is InChI=1S/C27H32ClN7O3/c1-15-11-34-14-22(32-25(37-7)24(34)30-15)21-9-20(28)19-8-18(10-29-23(19)31-21)33-12-16(2)35(17(3)13-33)26(36)38-27(4,5)6/h8-11,14,16-17H,12-13H2,1-7H3/t16-,17-/m0/s1. The molecule has 1 saturated heterocycles. The van der Waals surface area contributed by atoms with Gasteiger partial charge in [0, 0.05) is 30.9 Å². The molecule has 0 N–H and O–H groups in total. The van der Waals surface area contributed by atoms with Crippen LogP contribution in [0.3, 0.4) is 0 Å². The van der Waals surface area contributed by atoms with E-state index in [0.717, 1.165) is 16.8 Å². The third-order valence-corrected chi connectivity index (χ3v) is 6.78. The van der Waals surface area contributed by atoms with Crippen molar-refractivity contribution in [3.05, 3.63) is 41.4 Å². The van der Waals surface area contributed by atoms with Crippen molar-refractivity contribution in [3.8, 4) is 17.3 Å². The van der Waals surface area contributed by atoms with Crippen LogP contribution in [0.1, 0.15) is 40.3 Å². The van der Waals surface area contributed by atoms with Gasteiger partial charge in [-0.25, -0.2) is 24.7 Å². The van der Waals surface area contributed by atoms with Crippen molar-refractivity contribution in [2.45, 2.75) is 59.2 Å². The first kappa shape index (κ1) is 26.0. The Hall–Kier alpha value is -3.66. The van der Waals surface area contributed by atoms with Gasteiger partial charge < -0.3 is 18.8 Å². The van der Waals surface area contributed by atoms with Crippen LogP contribution in [-0.4, -0.2) is 73.2 Å². The average Bonchev–Trinajstić information content (AvgIpc) is 3.21. The van der Waals surface area contributed by atoms with Crippen LogP contribution in [-0.2, 0) is 4.74 Å². The SMILES string of the molecule is COc1nc(-c2cc(Cl)c3cc(N4C[C@H](C)N(C(=O)OC(C)(C)C)[C@@H](C)C4)cnc3n2)cn2cc(C)nc12. The molecule has 1 aliphatic rings. The first-order chi connectivity index (χ1) is 17.9. The number of methoxy groups -OCH3 is 1. The molecule has 0 bridgehead atoms. The molecule has 10 nitrogen and oxygen atoms in total. The van der Waals surface area contributed by atoms with Crippen molar-refractivity contribution in [2.75, 3.05) is 25.1 Å². The van der Waals surface area contributed by atoms with Crippen LogP contribution in [0.4, 0.5) is 10.5 Å². The number of aromatic nitrogens is 5. The number of hydrogen-bond donors (Lipinski definition) is 0. The van der Waals surface area contributed by atoms with E-state index in [1.807, 2.05) is 69.3 Å². The van der Waals surface area contributed by atoms with Crippen LogP contribution in [0.5, 0.6) is 5.88 Å². The van der Waals surface area contributed by atoms with Crippen molar-refractivity contribution in [1.82, 2.24) is 29.2 Å². The van der Waals surface area contributed by atoms with E-state index in [-0.39, 0.29) is 18.2 Å². The number of halogens is 1. The van der Waals surface area contributed by atoms with Gasteiger partial charge in [-0.05, 0) is 53.7 Å². The normalized spacial score (nSPS) is 18.3. The number of carbonyl (C=O) groups excluding carboxylic acids is 1. The van der Waals surface area contributed by atoms with E-state index >= 15 is 0 Å². The zero-order valence-corrected chi connectivity index (χ0v) is 23.4. The van der Waals surface area contributed by atoms with Crippen molar-refractivity contribution in [3.63, 3.8) is 0 Å². The van der Waals surface area contributed by atoms with Crippen molar-refractivity contribution in [1.29, 1.82) is 0 Å². The van der Waals surface area contributed by atoms with E-state index in [9.17, 15) is 4.79 Å². The van der Waals surface area contributed by atoms with Gasteiger partial charge in [-0.2, -0.15) is 0 Å². The fourth-order valence-electron chi connectivity index (χ4n) is 4.92. The summed E-state index contributed by atoms with van der Waals surface area (Å²) in [6, 6.07) is 3.71. The highest BCUT2D eigenvalue weighted by Gasteiger charge is 2.35. The molecule has 0 saturated carbocycles. The number of ether oxygens (including phenoxy) is 2. The number of fused-ring (bicyclic) bond motifs is 2. The molecule has 4 aromatic heterocycles. The Balaban J connectivity index is 1.43. The Morgan fingerprint density at radius 3 is 2.42 bits per heavy atom. The molecule has 0 aliphatic carbocycles. The molecule has 1 aliphatic heterocycles. The lowest BCUT2D eigenvalue weighted by Crippen LogP contribution is -2.59. The minimum atomic E-state index is -0.539. The number of carbonyl (C=O) groups is 1. The van der Waals surface area contributed by atoms with Crippen molar-refractivity contribution in [2.24, 2.45) is 0 Å². The Morgan fingerprint density at radius 2 is 1.76 bits per heavy atom. The lowest BCUT2D eigenvalue weighted by Gasteiger charge is -2.45. The van der Waals surface area contributed by atoms with Crippen LogP contribution in [0, 0.1) is 6.92 Å². The highest BCUT2D eigenvalue weighted by Crippen LogP contribution is 2.32. The molecule has 5 heterocycles. The summed E-state index contributed by atoms with van der Waals surface area (Å²) in [7, 11) is 1.56. The topological polar surface area (TPSA) is 98.0 Å². The molecule has 2 atom stereocenters. The summed E-state index contributed by atoms with van der Waals surface area (Å²) in [5.41, 5.74) is 3.59. The maximum atomic E-state index is 12.8. The Labute approximate surface area is 226 Å². The first-order valence-electron chi connectivity index (χ1n) is 12.6. The number of aryl methyl sites for hydroxylation is 1. The summed E-state index contributed by atoms with van der Waals surface area (Å²) in [6.45, 7) is 12.9. The summed E-state index contributed by atoms with van der Waals surface area (Å²) in [4.78, 5) is 35.3. The lowest BCUT2D eigenvalue weighted by molar-refractivity contribution is 0.00566. The largest absolute Gasteiger partial charge is 0.478 e. The molecule has 200 valence electrons. The minimum absolute atomic E-state index is 0.0388. The van der Waals surface area contributed by atoms with Gasteiger partial charge in [-0.1, -0.05) is 11.6 Å². The van der Waals surface area contributed by atoms with Crippen LogP contribution >= 0.6 is 11.6 Å². The van der Waals surface area contributed by atoms with E-state index in [1.54, 1.807) is 19.4 Å². The number of amides is 1. The highest BCUT2D eigenvalue weighted by molar-refractivity contribution is 6.35. The predicted octanol–water partition coefficient (Wildman–Crippen LogP) is 5.14. The van der Waals surface area contributed by atoms with E-state index in [2.05, 4.69) is 19.9 Å². The Bertz CT molecular complexity index is 1520. The Morgan fingerprint density at radius 1 is 1.05 bits per heavy atom. The van der Waals surface area contributed by atoms with E-state index in [1.165, 1.54) is 0 Å². The maximum absolute atomic E-state index is 12.8. The second-order valence-electron chi connectivity index (χ2n) is 10.8. The number of imidazole rings is 1. The lowest BCUT2D eigenvalue weighted by atomic mass is 10.1. The summed E-state index contributed by atoms with van der Waals surface area (Å²) >= 11 is 6.76. The zero-order chi connectivity index (χ0) is 27.4. The number of piperazine rings is 1. The number of rotatable bonds is 3. The fourth-order valence-corrected chi connectivity index (χ4v) is 5.16. The molecule has 38 heavy (non-hydrogen) atoms. The van der Waals surface area contributed by atoms with E-state index in [0.29, 0.717) is 46.7 Å². The molecular weight excluding hydrogens is 506 g/mol. The molecule has 5 rings (SSSR count). The zero-order valence-electron chi connectivity index (χ0n) is 22.7. The number of anilines is 1. The number of pyridine rings is 2. The second-order valence-corrected chi connectivity index (χ2v) is 11.2. The van der Waals surface area contributed by atoms with Gasteiger partial charge in [0.05, 0.1) is 47.5 Å². The minimum Gasteiger partial charge on any atom is -0.478 e. The fraction of sp³-hybridized carbons (Fsp3) is 0.444. The highest BCUT2D eigenvalue weighted by atomic mass is 35.5. The van der Waals surface area contributed by atoms with Gasteiger partial charge in [-0.3, -0.25) is 4.90 Å². The predicted molar refractivity (Wildman–Crippen MR) is 147 cm³/mol. The van der Waals surface area contributed by atoms with Gasteiger partial charge in [0.25, 0.3) is 5.88 Å². The van der Waals surface area contributed by atoms with Crippen LogP contribution < -0.4 is 9.64 Å². The first-order valence-corrected chi connectivity index (χ1v) is 12.9. The van der Waals surface area contributed by atoms with Crippen molar-refractivity contribution < 1.29 is 14.3 Å². The molecule has 0 unspecified atom stereocenters. The monoisotopic (exact) mass is 537 g/mol. The molecule has 1 amide bonds. The molecule has 0 spiro atoms. The summed E-state index contributed by atoms with van der Waals surface area (Å²) < 4.78 is 13.0. The number of hydrogen-bond acceptors (Lipinski definition) is 8. The van der Waals surface area contributed by atoms with E-state index in [4.69, 9.17) is 26.1 Å².